The molecule has 0 spiro atoms. The number of morpholine rings is 1. The zero-order valence-corrected chi connectivity index (χ0v) is 14.7. The quantitative estimate of drug-likeness (QED) is 0.843. The van der Waals surface area contributed by atoms with Gasteiger partial charge in [0.05, 0.1) is 25.3 Å². The molecule has 1 atom stereocenters. The van der Waals surface area contributed by atoms with Crippen LogP contribution in [0.25, 0.3) is 0 Å². The zero-order valence-electron chi connectivity index (χ0n) is 14.7. The average molecular weight is 358 g/mol. The highest BCUT2D eigenvalue weighted by atomic mass is 19.1. The lowest BCUT2D eigenvalue weighted by Gasteiger charge is -2.25. The van der Waals surface area contributed by atoms with Crippen LogP contribution in [-0.4, -0.2) is 55.1 Å². The molecular formula is C20H23FN2O3. The molecule has 0 aliphatic carbocycles. The number of carbonyl (C=O) groups excluding carboxylic acids is 1. The molecule has 0 radical (unpaired) electrons. The molecule has 2 aromatic rings. The van der Waals surface area contributed by atoms with Crippen molar-refractivity contribution in [3.05, 3.63) is 59.3 Å². The van der Waals surface area contributed by atoms with Gasteiger partial charge in [0.1, 0.15) is 17.8 Å². The van der Waals surface area contributed by atoms with E-state index in [0.717, 1.165) is 38.5 Å². The van der Waals surface area contributed by atoms with E-state index in [1.165, 1.54) is 12.3 Å². The summed E-state index contributed by atoms with van der Waals surface area (Å²) in [6, 6.07) is 8.66. The highest BCUT2D eigenvalue weighted by molar-refractivity contribution is 5.94. The lowest BCUT2D eigenvalue weighted by molar-refractivity contribution is 0.0313. The van der Waals surface area contributed by atoms with Crippen molar-refractivity contribution in [2.45, 2.75) is 18.9 Å². The van der Waals surface area contributed by atoms with Crippen LogP contribution in [0.2, 0.25) is 0 Å². The third-order valence-electron chi connectivity index (χ3n) is 5.20. The van der Waals surface area contributed by atoms with Crippen molar-refractivity contribution in [2.75, 3.05) is 39.4 Å². The standard InChI is InChI=1S/C20H23FN2O3/c21-19-4-2-1-3-18(19)15-5-6-23(12-15)20(24)16-11-17(26-14-16)13-22-7-9-25-10-8-22/h1-4,11,14-15H,5-10,12-13H2/t15-/m0/s1. The van der Waals surface area contributed by atoms with Gasteiger partial charge in [-0.1, -0.05) is 18.2 Å². The molecule has 138 valence electrons. The van der Waals surface area contributed by atoms with Crippen molar-refractivity contribution in [2.24, 2.45) is 0 Å². The molecule has 3 heterocycles. The van der Waals surface area contributed by atoms with Gasteiger partial charge in [0.15, 0.2) is 0 Å². The fraction of sp³-hybridized carbons (Fsp3) is 0.450. The van der Waals surface area contributed by atoms with E-state index in [0.29, 0.717) is 30.8 Å². The topological polar surface area (TPSA) is 45.9 Å². The number of carbonyl (C=O) groups is 1. The van der Waals surface area contributed by atoms with Crippen molar-refractivity contribution in [3.8, 4) is 0 Å². The summed E-state index contributed by atoms with van der Waals surface area (Å²) in [6.45, 7) is 5.09. The van der Waals surface area contributed by atoms with E-state index in [1.54, 1.807) is 11.0 Å². The molecule has 0 bridgehead atoms. The predicted octanol–water partition coefficient (Wildman–Crippen LogP) is 2.88. The van der Waals surface area contributed by atoms with Crippen molar-refractivity contribution in [3.63, 3.8) is 0 Å². The summed E-state index contributed by atoms with van der Waals surface area (Å²) in [7, 11) is 0. The second-order valence-electron chi connectivity index (χ2n) is 6.95. The van der Waals surface area contributed by atoms with Crippen molar-refractivity contribution >= 4 is 5.91 Å². The Morgan fingerprint density at radius 1 is 1.19 bits per heavy atom. The number of likely N-dealkylation sites (tertiary alicyclic amines) is 1. The molecule has 5 nitrogen and oxygen atoms in total. The molecular weight excluding hydrogens is 335 g/mol. The van der Waals surface area contributed by atoms with Crippen LogP contribution in [0.5, 0.6) is 0 Å². The first kappa shape index (κ1) is 17.2. The highest BCUT2D eigenvalue weighted by Crippen LogP contribution is 2.30. The normalized spacial score (nSPS) is 21.3. The van der Waals surface area contributed by atoms with E-state index in [2.05, 4.69) is 4.90 Å². The molecule has 2 aliphatic heterocycles. The van der Waals surface area contributed by atoms with Crippen molar-refractivity contribution in [1.29, 1.82) is 0 Å². The van der Waals surface area contributed by atoms with Crippen LogP contribution in [0.4, 0.5) is 4.39 Å². The minimum atomic E-state index is -0.192. The lowest BCUT2D eigenvalue weighted by Crippen LogP contribution is -2.35. The maximum Gasteiger partial charge on any atom is 0.257 e. The first-order chi connectivity index (χ1) is 12.7. The largest absolute Gasteiger partial charge is 0.467 e. The van der Waals surface area contributed by atoms with Crippen molar-refractivity contribution in [1.82, 2.24) is 9.80 Å². The number of benzene rings is 1. The average Bonchev–Trinajstić information content (AvgIpc) is 3.32. The first-order valence-corrected chi connectivity index (χ1v) is 9.12. The molecule has 1 amide bonds. The Hall–Kier alpha value is -2.18. The summed E-state index contributed by atoms with van der Waals surface area (Å²) in [4.78, 5) is 16.8. The van der Waals surface area contributed by atoms with Crippen LogP contribution in [0.15, 0.2) is 41.0 Å². The number of halogens is 1. The van der Waals surface area contributed by atoms with Gasteiger partial charge in [0.25, 0.3) is 5.91 Å². The van der Waals surface area contributed by atoms with Gasteiger partial charge < -0.3 is 14.1 Å². The number of rotatable bonds is 4. The van der Waals surface area contributed by atoms with Crippen LogP contribution in [0.3, 0.4) is 0 Å². The van der Waals surface area contributed by atoms with Gasteiger partial charge in [-0.25, -0.2) is 4.39 Å². The van der Waals surface area contributed by atoms with E-state index in [9.17, 15) is 9.18 Å². The molecule has 2 fully saturated rings. The van der Waals surface area contributed by atoms with Gasteiger partial charge in [0, 0.05) is 32.1 Å². The Morgan fingerprint density at radius 2 is 2.00 bits per heavy atom. The van der Waals surface area contributed by atoms with Crippen molar-refractivity contribution < 1.29 is 18.3 Å². The Balaban J connectivity index is 1.38. The molecule has 2 aliphatic rings. The smallest absolute Gasteiger partial charge is 0.257 e. The third-order valence-corrected chi connectivity index (χ3v) is 5.20. The van der Waals surface area contributed by atoms with Gasteiger partial charge >= 0.3 is 0 Å². The summed E-state index contributed by atoms with van der Waals surface area (Å²) in [6.07, 6.45) is 2.32. The van der Waals surface area contributed by atoms with Crippen LogP contribution >= 0.6 is 0 Å². The Kier molecular flexibility index (Phi) is 5.04. The second kappa shape index (κ2) is 7.60. The molecule has 0 saturated carbocycles. The predicted molar refractivity (Wildman–Crippen MR) is 94.5 cm³/mol. The molecule has 4 rings (SSSR count). The molecule has 6 heteroatoms. The van der Waals surface area contributed by atoms with E-state index >= 15 is 0 Å². The molecule has 2 saturated heterocycles. The summed E-state index contributed by atoms with van der Waals surface area (Å²) in [5.41, 5.74) is 1.27. The minimum absolute atomic E-state index is 0.0409. The minimum Gasteiger partial charge on any atom is -0.467 e. The monoisotopic (exact) mass is 358 g/mol. The summed E-state index contributed by atoms with van der Waals surface area (Å²) in [5, 5.41) is 0. The lowest BCUT2D eigenvalue weighted by atomic mass is 9.98. The van der Waals surface area contributed by atoms with Gasteiger partial charge in [0.2, 0.25) is 0 Å². The van der Waals surface area contributed by atoms with E-state index in [1.807, 2.05) is 18.2 Å². The Morgan fingerprint density at radius 3 is 2.81 bits per heavy atom. The Bertz CT molecular complexity index is 770. The number of ether oxygens (including phenoxy) is 1. The fourth-order valence-electron chi connectivity index (χ4n) is 3.74. The number of furan rings is 1. The van der Waals surface area contributed by atoms with Gasteiger partial charge in [-0.05, 0) is 24.1 Å². The number of hydrogen-bond acceptors (Lipinski definition) is 4. The van der Waals surface area contributed by atoms with E-state index < -0.39 is 0 Å². The van der Waals surface area contributed by atoms with Crippen LogP contribution in [-0.2, 0) is 11.3 Å². The molecule has 26 heavy (non-hydrogen) atoms. The number of nitrogens with zero attached hydrogens (tertiary/aromatic N) is 2. The highest BCUT2D eigenvalue weighted by Gasteiger charge is 2.30. The second-order valence-corrected chi connectivity index (χ2v) is 6.95. The summed E-state index contributed by atoms with van der Waals surface area (Å²) in [5.74, 6) is 0.615. The van der Waals surface area contributed by atoms with Crippen LogP contribution < -0.4 is 0 Å². The van der Waals surface area contributed by atoms with Crippen LogP contribution in [0.1, 0.15) is 34.0 Å². The van der Waals surface area contributed by atoms with Gasteiger partial charge in [-0.15, -0.1) is 0 Å². The molecule has 1 aromatic carbocycles. The van der Waals surface area contributed by atoms with Crippen LogP contribution in [0, 0.1) is 5.82 Å². The van der Waals surface area contributed by atoms with Gasteiger partial charge in [-0.2, -0.15) is 0 Å². The fourth-order valence-corrected chi connectivity index (χ4v) is 3.74. The molecule has 0 unspecified atom stereocenters. The number of hydrogen-bond donors (Lipinski definition) is 0. The molecule has 1 aromatic heterocycles. The molecule has 0 N–H and O–H groups in total. The third kappa shape index (κ3) is 3.66. The summed E-state index contributed by atoms with van der Waals surface area (Å²) < 4.78 is 24.9. The SMILES string of the molecule is O=C(c1coc(CN2CCOCC2)c1)N1CC[C@H](c2ccccc2F)C1. The first-order valence-electron chi connectivity index (χ1n) is 9.12. The maximum absolute atomic E-state index is 14.0. The summed E-state index contributed by atoms with van der Waals surface area (Å²) >= 11 is 0. The Labute approximate surface area is 152 Å². The maximum atomic E-state index is 14.0. The van der Waals surface area contributed by atoms with E-state index in [4.69, 9.17) is 9.15 Å². The van der Waals surface area contributed by atoms with E-state index in [-0.39, 0.29) is 17.6 Å². The number of amides is 1. The van der Waals surface area contributed by atoms with Gasteiger partial charge in [-0.3, -0.25) is 9.69 Å². The zero-order chi connectivity index (χ0) is 17.9.